The number of nitrogens with one attached hydrogen (secondary N) is 2. The van der Waals surface area contributed by atoms with Crippen molar-refractivity contribution in [3.63, 3.8) is 0 Å². The molecule has 0 bridgehead atoms. The van der Waals surface area contributed by atoms with Crippen LogP contribution in [0.1, 0.15) is 0 Å². The van der Waals surface area contributed by atoms with Gasteiger partial charge in [-0.1, -0.05) is 17.7 Å². The van der Waals surface area contributed by atoms with Gasteiger partial charge in [0.25, 0.3) is 0 Å². The van der Waals surface area contributed by atoms with Crippen LogP contribution in [0.15, 0.2) is 24.3 Å². The quantitative estimate of drug-likeness (QED) is 0.671. The zero-order valence-corrected chi connectivity index (χ0v) is 9.12. The van der Waals surface area contributed by atoms with E-state index >= 15 is 0 Å². The van der Waals surface area contributed by atoms with Crippen LogP contribution in [0, 0.1) is 0 Å². The van der Waals surface area contributed by atoms with E-state index in [1.165, 1.54) is 6.07 Å². The highest BCUT2D eigenvalue weighted by molar-refractivity contribution is 6.39. The number of benzene rings is 1. The highest BCUT2D eigenvalue weighted by Crippen LogP contribution is 2.14. The fraction of sp³-hybridized carbons (Fsp3) is 0.200. The summed E-state index contributed by atoms with van der Waals surface area (Å²) in [4.78, 5) is 22.4. The average molecular weight is 243 g/mol. The van der Waals surface area contributed by atoms with Crippen LogP contribution in [0.4, 0.5) is 5.69 Å². The van der Waals surface area contributed by atoms with Crippen LogP contribution in [0.25, 0.3) is 0 Å². The normalized spacial score (nSPS) is 9.62. The average Bonchev–Trinajstić information content (AvgIpc) is 2.25. The number of carbonyl (C=O) groups is 2. The highest BCUT2D eigenvalue weighted by Gasteiger charge is 2.12. The molecule has 0 spiro atoms. The van der Waals surface area contributed by atoms with E-state index in [2.05, 4.69) is 10.6 Å². The first-order chi connectivity index (χ1) is 7.63. The summed E-state index contributed by atoms with van der Waals surface area (Å²) in [6.45, 7) is -0.169. The summed E-state index contributed by atoms with van der Waals surface area (Å²) in [5.74, 6) is -1.59. The monoisotopic (exact) mass is 242 g/mol. The van der Waals surface area contributed by atoms with Crippen LogP contribution >= 0.6 is 11.6 Å². The van der Waals surface area contributed by atoms with E-state index in [9.17, 15) is 9.59 Å². The first-order valence-electron chi connectivity index (χ1n) is 4.59. The van der Waals surface area contributed by atoms with Gasteiger partial charge < -0.3 is 15.7 Å². The number of carbonyl (C=O) groups excluding carboxylic acids is 2. The molecular formula is C10H11ClN2O3. The Hall–Kier alpha value is -1.59. The Morgan fingerprint density at radius 3 is 2.69 bits per heavy atom. The number of halogens is 1. The molecule has 0 radical (unpaired) electrons. The van der Waals surface area contributed by atoms with Gasteiger partial charge in [-0.25, -0.2) is 0 Å². The fourth-order valence-electron chi connectivity index (χ4n) is 1.00. The Labute approximate surface area is 97.4 Å². The smallest absolute Gasteiger partial charge is 0.313 e. The van der Waals surface area contributed by atoms with Crippen LogP contribution in [0.3, 0.4) is 0 Å². The highest BCUT2D eigenvalue weighted by atomic mass is 35.5. The largest absolute Gasteiger partial charge is 0.395 e. The van der Waals surface area contributed by atoms with Crippen molar-refractivity contribution in [3.05, 3.63) is 29.3 Å². The van der Waals surface area contributed by atoms with Crippen molar-refractivity contribution >= 4 is 29.1 Å². The molecule has 1 rings (SSSR count). The molecule has 5 nitrogen and oxygen atoms in total. The molecule has 6 heteroatoms. The first-order valence-corrected chi connectivity index (χ1v) is 4.97. The standard InChI is InChI=1S/C10H11ClN2O3/c11-7-2-1-3-8(6-7)13-10(16)9(15)12-4-5-14/h1-3,6,14H,4-5H2,(H,12,15)(H,13,16). The summed E-state index contributed by atoms with van der Waals surface area (Å²) in [6, 6.07) is 6.45. The molecule has 16 heavy (non-hydrogen) atoms. The molecular weight excluding hydrogens is 232 g/mol. The van der Waals surface area contributed by atoms with Gasteiger partial charge in [0.2, 0.25) is 0 Å². The molecule has 1 aromatic carbocycles. The van der Waals surface area contributed by atoms with Gasteiger partial charge in [-0.15, -0.1) is 0 Å². The van der Waals surface area contributed by atoms with Crippen LogP contribution < -0.4 is 10.6 Å². The third-order valence-corrected chi connectivity index (χ3v) is 1.92. The Kier molecular flexibility index (Phi) is 4.75. The van der Waals surface area contributed by atoms with Gasteiger partial charge in [0, 0.05) is 17.3 Å². The lowest BCUT2D eigenvalue weighted by Gasteiger charge is -2.05. The molecule has 0 aliphatic heterocycles. The van der Waals surface area contributed by atoms with E-state index in [-0.39, 0.29) is 13.2 Å². The van der Waals surface area contributed by atoms with E-state index in [1.807, 2.05) is 0 Å². The molecule has 0 unspecified atom stereocenters. The minimum absolute atomic E-state index is 0.0435. The third-order valence-electron chi connectivity index (χ3n) is 1.69. The van der Waals surface area contributed by atoms with Crippen molar-refractivity contribution in [1.82, 2.24) is 5.32 Å². The summed E-state index contributed by atoms with van der Waals surface area (Å²) in [5, 5.41) is 13.5. The van der Waals surface area contributed by atoms with Gasteiger partial charge in [-0.05, 0) is 18.2 Å². The second kappa shape index (κ2) is 6.09. The molecule has 86 valence electrons. The van der Waals surface area contributed by atoms with E-state index in [1.54, 1.807) is 18.2 Å². The molecule has 0 heterocycles. The van der Waals surface area contributed by atoms with Crippen molar-refractivity contribution in [2.75, 3.05) is 18.5 Å². The number of anilines is 1. The zero-order chi connectivity index (χ0) is 12.0. The number of hydrogen-bond donors (Lipinski definition) is 3. The number of aliphatic hydroxyl groups excluding tert-OH is 1. The van der Waals surface area contributed by atoms with Gasteiger partial charge in [0.15, 0.2) is 0 Å². The summed E-state index contributed by atoms with van der Waals surface area (Å²) >= 11 is 5.71. The van der Waals surface area contributed by atoms with Crippen molar-refractivity contribution < 1.29 is 14.7 Å². The van der Waals surface area contributed by atoms with Gasteiger partial charge >= 0.3 is 11.8 Å². The molecule has 0 aromatic heterocycles. The molecule has 0 saturated carbocycles. The molecule has 0 fully saturated rings. The summed E-state index contributed by atoms with van der Waals surface area (Å²) in [6.07, 6.45) is 0. The van der Waals surface area contributed by atoms with Gasteiger partial charge in [-0.3, -0.25) is 9.59 Å². The van der Waals surface area contributed by atoms with Crippen molar-refractivity contribution in [2.45, 2.75) is 0 Å². The Bertz CT molecular complexity index is 395. The second-order valence-corrected chi connectivity index (χ2v) is 3.38. The zero-order valence-electron chi connectivity index (χ0n) is 8.37. The Morgan fingerprint density at radius 2 is 2.06 bits per heavy atom. The summed E-state index contributed by atoms with van der Waals surface area (Å²) in [5.41, 5.74) is 0.441. The number of aliphatic hydroxyl groups is 1. The number of amides is 2. The predicted molar refractivity (Wildman–Crippen MR) is 60.2 cm³/mol. The molecule has 1 aromatic rings. The maximum atomic E-state index is 11.3. The van der Waals surface area contributed by atoms with E-state index in [4.69, 9.17) is 16.7 Å². The minimum atomic E-state index is -0.797. The SMILES string of the molecule is O=C(NCCO)C(=O)Nc1cccc(Cl)c1. The van der Waals surface area contributed by atoms with Crippen molar-refractivity contribution in [2.24, 2.45) is 0 Å². The molecule has 0 saturated heterocycles. The molecule has 2 amide bonds. The van der Waals surface area contributed by atoms with Crippen LogP contribution in [0.5, 0.6) is 0 Å². The van der Waals surface area contributed by atoms with E-state index in [0.29, 0.717) is 10.7 Å². The molecule has 0 aliphatic rings. The van der Waals surface area contributed by atoms with Gasteiger partial charge in [0.05, 0.1) is 6.61 Å². The Balaban J connectivity index is 2.54. The van der Waals surface area contributed by atoms with E-state index < -0.39 is 11.8 Å². The van der Waals surface area contributed by atoms with Crippen molar-refractivity contribution in [3.8, 4) is 0 Å². The summed E-state index contributed by atoms with van der Waals surface area (Å²) < 4.78 is 0. The summed E-state index contributed by atoms with van der Waals surface area (Å²) in [7, 11) is 0. The first kappa shape index (κ1) is 12.5. The second-order valence-electron chi connectivity index (χ2n) is 2.94. The van der Waals surface area contributed by atoms with Crippen LogP contribution in [-0.4, -0.2) is 30.1 Å². The van der Waals surface area contributed by atoms with Gasteiger partial charge in [-0.2, -0.15) is 0 Å². The van der Waals surface area contributed by atoms with Crippen LogP contribution in [0.2, 0.25) is 5.02 Å². The number of rotatable bonds is 3. The van der Waals surface area contributed by atoms with Gasteiger partial charge in [0.1, 0.15) is 0 Å². The lowest BCUT2D eigenvalue weighted by atomic mass is 10.3. The topological polar surface area (TPSA) is 78.4 Å². The lowest BCUT2D eigenvalue weighted by Crippen LogP contribution is -2.36. The maximum absolute atomic E-state index is 11.3. The lowest BCUT2D eigenvalue weighted by molar-refractivity contribution is -0.136. The molecule has 3 N–H and O–H groups in total. The van der Waals surface area contributed by atoms with Crippen molar-refractivity contribution in [1.29, 1.82) is 0 Å². The number of hydrogen-bond acceptors (Lipinski definition) is 3. The predicted octanol–water partition coefficient (Wildman–Crippen LogP) is 0.387. The molecule has 0 atom stereocenters. The third kappa shape index (κ3) is 3.88. The molecule has 0 aliphatic carbocycles. The fourth-order valence-corrected chi connectivity index (χ4v) is 1.19. The Morgan fingerprint density at radius 1 is 1.31 bits per heavy atom. The van der Waals surface area contributed by atoms with Crippen LogP contribution in [-0.2, 0) is 9.59 Å². The maximum Gasteiger partial charge on any atom is 0.313 e. The van der Waals surface area contributed by atoms with E-state index in [0.717, 1.165) is 0 Å². The minimum Gasteiger partial charge on any atom is -0.395 e.